The molecule has 0 radical (unpaired) electrons. The Bertz CT molecular complexity index is 1020. The fourth-order valence-electron chi connectivity index (χ4n) is 2.42. The van der Waals surface area contributed by atoms with Gasteiger partial charge in [-0.15, -0.1) is 0 Å². The van der Waals surface area contributed by atoms with Gasteiger partial charge in [-0.05, 0) is 24.3 Å². The summed E-state index contributed by atoms with van der Waals surface area (Å²) in [5.41, 5.74) is -0.137. The van der Waals surface area contributed by atoms with Crippen molar-refractivity contribution in [3.8, 4) is 5.75 Å². The Morgan fingerprint density at radius 2 is 2.04 bits per heavy atom. The van der Waals surface area contributed by atoms with Crippen LogP contribution in [0.15, 0.2) is 48.7 Å². The third-order valence-electron chi connectivity index (χ3n) is 3.72. The Labute approximate surface area is 151 Å². The van der Waals surface area contributed by atoms with E-state index in [0.29, 0.717) is 10.9 Å². The van der Waals surface area contributed by atoms with Gasteiger partial charge in [0.25, 0.3) is 5.69 Å². The molecular weight excluding hydrogens is 362 g/mol. The number of nitro benzene ring substituents is 1. The molecule has 0 saturated carbocycles. The molecule has 2 aromatic carbocycles. The molecule has 26 heavy (non-hydrogen) atoms. The van der Waals surface area contributed by atoms with Crippen molar-refractivity contribution in [2.24, 2.45) is 0 Å². The number of carbonyl (C=O) groups is 1. The molecule has 3 rings (SSSR count). The zero-order valence-electron chi connectivity index (χ0n) is 13.1. The fourth-order valence-corrected chi connectivity index (χ4v) is 2.61. The Balaban J connectivity index is 1.87. The molecule has 0 bridgehead atoms. The van der Waals surface area contributed by atoms with Gasteiger partial charge < -0.3 is 15.5 Å². The number of phenols is 1. The number of ketones is 1. The molecule has 1 atom stereocenters. The lowest BCUT2D eigenvalue weighted by atomic mass is 10.1. The maximum Gasteiger partial charge on any atom is 0.288 e. The van der Waals surface area contributed by atoms with Gasteiger partial charge in [0.05, 0.1) is 10.6 Å². The van der Waals surface area contributed by atoms with Gasteiger partial charge >= 0.3 is 0 Å². The number of Topliss-reactive ketones (excluding diaryl/α,β-unsaturated/α-hetero) is 1. The highest BCUT2D eigenvalue weighted by molar-refractivity contribution is 6.32. The molecule has 0 spiro atoms. The van der Waals surface area contributed by atoms with Crippen molar-refractivity contribution in [3.05, 3.63) is 69.4 Å². The van der Waals surface area contributed by atoms with Crippen LogP contribution in [0.3, 0.4) is 0 Å². The maximum absolute atomic E-state index is 12.3. The number of hydrogen-bond donors (Lipinski definition) is 3. The number of nitro groups is 1. The number of aromatic nitrogens is 1. The summed E-state index contributed by atoms with van der Waals surface area (Å²) in [6, 6.07) is 10.1. The van der Waals surface area contributed by atoms with E-state index in [2.05, 4.69) is 10.3 Å². The number of pyridine rings is 1. The summed E-state index contributed by atoms with van der Waals surface area (Å²) < 4.78 is 0. The van der Waals surface area contributed by atoms with Crippen LogP contribution in [0, 0.1) is 10.1 Å². The number of carbonyl (C=O) groups excluding carboxylic acids is 1. The topological polar surface area (TPSA) is 126 Å². The van der Waals surface area contributed by atoms with Crippen molar-refractivity contribution in [3.63, 3.8) is 0 Å². The normalized spacial score (nSPS) is 11.9. The van der Waals surface area contributed by atoms with Gasteiger partial charge in [0.2, 0.25) is 5.78 Å². The van der Waals surface area contributed by atoms with Crippen molar-refractivity contribution < 1.29 is 19.9 Å². The molecule has 1 heterocycles. The van der Waals surface area contributed by atoms with E-state index in [1.807, 2.05) is 0 Å². The molecular formula is C17H12ClN3O5. The highest BCUT2D eigenvalue weighted by Crippen LogP contribution is 2.31. The molecule has 0 saturated heterocycles. The molecule has 0 aliphatic heterocycles. The van der Waals surface area contributed by atoms with E-state index >= 15 is 0 Å². The van der Waals surface area contributed by atoms with E-state index in [-0.39, 0.29) is 22.0 Å². The van der Waals surface area contributed by atoms with E-state index in [1.165, 1.54) is 24.4 Å². The fraction of sp³-hybridized carbons (Fsp3) is 0.0588. The van der Waals surface area contributed by atoms with Crippen LogP contribution in [0.5, 0.6) is 5.75 Å². The number of hydrogen-bond acceptors (Lipinski definition) is 7. The molecule has 3 aromatic rings. The molecule has 1 aromatic heterocycles. The van der Waals surface area contributed by atoms with Gasteiger partial charge in [0.15, 0.2) is 12.0 Å². The second-order valence-electron chi connectivity index (χ2n) is 5.37. The molecule has 3 N–H and O–H groups in total. The van der Waals surface area contributed by atoms with Gasteiger partial charge in [-0.3, -0.25) is 19.9 Å². The number of aromatic hydroxyl groups is 1. The Kier molecular flexibility index (Phi) is 4.70. The first-order valence-corrected chi connectivity index (χ1v) is 7.75. The zero-order valence-corrected chi connectivity index (χ0v) is 13.8. The Hall–Kier alpha value is -3.23. The zero-order chi connectivity index (χ0) is 18.8. The first kappa shape index (κ1) is 17.6. The van der Waals surface area contributed by atoms with Crippen molar-refractivity contribution in [1.82, 2.24) is 4.98 Å². The summed E-state index contributed by atoms with van der Waals surface area (Å²) in [4.78, 5) is 26.6. The lowest BCUT2D eigenvalue weighted by Crippen LogP contribution is -2.29. The molecule has 9 heteroatoms. The number of benzene rings is 2. The van der Waals surface area contributed by atoms with Crippen LogP contribution in [0.4, 0.5) is 11.4 Å². The van der Waals surface area contributed by atoms with Crippen LogP contribution in [0.2, 0.25) is 5.02 Å². The summed E-state index contributed by atoms with van der Waals surface area (Å²) in [5.74, 6) is -1.04. The van der Waals surface area contributed by atoms with Crippen LogP contribution in [0.25, 0.3) is 10.9 Å². The van der Waals surface area contributed by atoms with E-state index in [9.17, 15) is 25.1 Å². The first-order valence-electron chi connectivity index (χ1n) is 7.38. The summed E-state index contributed by atoms with van der Waals surface area (Å²) in [7, 11) is 0. The van der Waals surface area contributed by atoms with Gasteiger partial charge in [-0.25, -0.2) is 0 Å². The summed E-state index contributed by atoms with van der Waals surface area (Å²) in [5, 5.41) is 34.3. The highest BCUT2D eigenvalue weighted by atomic mass is 35.5. The number of rotatable bonds is 5. The third-order valence-corrected chi connectivity index (χ3v) is 4.04. The minimum Gasteiger partial charge on any atom is -0.504 e. The Morgan fingerprint density at radius 1 is 1.27 bits per heavy atom. The quantitative estimate of drug-likeness (QED) is 0.206. The van der Waals surface area contributed by atoms with Crippen molar-refractivity contribution in [2.75, 3.05) is 5.32 Å². The van der Waals surface area contributed by atoms with Gasteiger partial charge in [0, 0.05) is 23.2 Å². The molecule has 132 valence electrons. The van der Waals surface area contributed by atoms with Crippen LogP contribution >= 0.6 is 11.6 Å². The lowest BCUT2D eigenvalue weighted by molar-refractivity contribution is -0.384. The smallest absolute Gasteiger partial charge is 0.288 e. The number of anilines is 1. The number of phenolic OH excluding ortho intramolecular Hbond substituents is 1. The lowest BCUT2D eigenvalue weighted by Gasteiger charge is -2.15. The molecule has 0 aliphatic carbocycles. The van der Waals surface area contributed by atoms with Crippen LogP contribution in [-0.2, 0) is 0 Å². The summed E-state index contributed by atoms with van der Waals surface area (Å²) in [6.45, 7) is 0. The average molecular weight is 374 g/mol. The average Bonchev–Trinajstić information content (AvgIpc) is 2.63. The number of aliphatic hydroxyl groups is 1. The van der Waals surface area contributed by atoms with E-state index in [1.54, 1.807) is 18.2 Å². The van der Waals surface area contributed by atoms with E-state index < -0.39 is 22.6 Å². The number of aliphatic hydroxyl groups excluding tert-OH is 1. The molecule has 8 nitrogen and oxygen atoms in total. The SMILES string of the molecule is O=C(c1ccc(Cl)c([N+](=O)[O-])c1)C(O)Nc1ccc2cccnc2c1O. The predicted molar refractivity (Wildman–Crippen MR) is 95.5 cm³/mol. The van der Waals surface area contributed by atoms with Gasteiger partial charge in [-0.2, -0.15) is 0 Å². The van der Waals surface area contributed by atoms with Crippen LogP contribution < -0.4 is 5.32 Å². The number of halogens is 1. The van der Waals surface area contributed by atoms with Crippen LogP contribution in [-0.4, -0.2) is 32.1 Å². The van der Waals surface area contributed by atoms with Gasteiger partial charge in [0.1, 0.15) is 10.5 Å². The minimum absolute atomic E-state index is 0.0977. The van der Waals surface area contributed by atoms with Crippen molar-refractivity contribution >= 4 is 39.7 Å². The summed E-state index contributed by atoms with van der Waals surface area (Å²) in [6.07, 6.45) is -0.233. The number of fused-ring (bicyclic) bond motifs is 1. The highest BCUT2D eigenvalue weighted by Gasteiger charge is 2.22. The minimum atomic E-state index is -1.73. The molecule has 0 fully saturated rings. The largest absolute Gasteiger partial charge is 0.504 e. The monoisotopic (exact) mass is 373 g/mol. The maximum atomic E-state index is 12.3. The molecule has 1 unspecified atom stereocenters. The van der Waals surface area contributed by atoms with Crippen molar-refractivity contribution in [1.29, 1.82) is 0 Å². The standard InChI is InChI=1S/C17H12ClN3O5/c18-11-5-3-10(8-13(11)21(25)26)15(22)17(24)20-12-6-4-9-2-1-7-19-14(9)16(12)23/h1-8,17,20,23-24H. The third kappa shape index (κ3) is 3.28. The van der Waals surface area contributed by atoms with Gasteiger partial charge in [-0.1, -0.05) is 23.7 Å². The number of nitrogens with zero attached hydrogens (tertiary/aromatic N) is 2. The van der Waals surface area contributed by atoms with Crippen LogP contribution in [0.1, 0.15) is 10.4 Å². The second-order valence-corrected chi connectivity index (χ2v) is 5.78. The van der Waals surface area contributed by atoms with Crippen molar-refractivity contribution in [2.45, 2.75) is 6.23 Å². The Morgan fingerprint density at radius 3 is 2.77 bits per heavy atom. The van der Waals surface area contributed by atoms with E-state index in [4.69, 9.17) is 11.6 Å². The second kappa shape index (κ2) is 6.95. The number of nitrogens with one attached hydrogen (secondary N) is 1. The first-order chi connectivity index (χ1) is 12.4. The summed E-state index contributed by atoms with van der Waals surface area (Å²) >= 11 is 5.71. The van der Waals surface area contributed by atoms with E-state index in [0.717, 1.165) is 6.07 Å². The molecule has 0 amide bonds. The molecule has 0 aliphatic rings. The predicted octanol–water partition coefficient (Wildman–Crippen LogP) is 3.12.